The molecule has 0 aromatic heterocycles. The van der Waals surface area contributed by atoms with E-state index < -0.39 is 15.1 Å². The monoisotopic (exact) mass is 327 g/mol. The standard InChI is InChI=1S/C13H10ClNO3S2/c14-10-4-6-11(7-5-10)15-20(17,18)12-3-1-2-9(8-12)13(16)19/h1-8,15H,(H,16,19). The number of thiol groups is 1. The topological polar surface area (TPSA) is 63.2 Å². The molecule has 0 aliphatic heterocycles. The molecule has 104 valence electrons. The van der Waals surface area contributed by atoms with Crippen LogP contribution >= 0.6 is 24.2 Å². The van der Waals surface area contributed by atoms with Crippen LogP contribution in [0.4, 0.5) is 5.69 Å². The highest BCUT2D eigenvalue weighted by Crippen LogP contribution is 2.19. The lowest BCUT2D eigenvalue weighted by atomic mass is 10.2. The summed E-state index contributed by atoms with van der Waals surface area (Å²) in [6.07, 6.45) is 0. The Labute approximate surface area is 127 Å². The lowest BCUT2D eigenvalue weighted by molar-refractivity contribution is 0.109. The van der Waals surface area contributed by atoms with E-state index in [-0.39, 0.29) is 10.5 Å². The molecule has 0 amide bonds. The van der Waals surface area contributed by atoms with Crippen molar-refractivity contribution >= 4 is 45.1 Å². The Morgan fingerprint density at radius 1 is 1.10 bits per heavy atom. The summed E-state index contributed by atoms with van der Waals surface area (Å²) >= 11 is 9.40. The number of sulfonamides is 1. The summed E-state index contributed by atoms with van der Waals surface area (Å²) < 4.78 is 26.8. The number of halogens is 1. The zero-order valence-electron chi connectivity index (χ0n) is 10.1. The van der Waals surface area contributed by atoms with E-state index in [1.54, 1.807) is 24.3 Å². The Hall–Kier alpha value is -1.50. The van der Waals surface area contributed by atoms with Crippen molar-refractivity contribution in [3.05, 3.63) is 59.1 Å². The third-order valence-electron chi connectivity index (χ3n) is 2.49. The van der Waals surface area contributed by atoms with Gasteiger partial charge in [0.15, 0.2) is 0 Å². The summed E-state index contributed by atoms with van der Waals surface area (Å²) in [5.74, 6) is 0. The molecule has 2 rings (SSSR count). The van der Waals surface area contributed by atoms with Gasteiger partial charge in [-0.3, -0.25) is 9.52 Å². The third kappa shape index (κ3) is 3.53. The van der Waals surface area contributed by atoms with Crippen molar-refractivity contribution in [3.8, 4) is 0 Å². The number of hydrogen-bond acceptors (Lipinski definition) is 3. The first-order chi connectivity index (χ1) is 9.38. The van der Waals surface area contributed by atoms with Gasteiger partial charge < -0.3 is 0 Å². The average Bonchev–Trinajstić information content (AvgIpc) is 2.41. The fraction of sp³-hybridized carbons (Fsp3) is 0. The maximum absolute atomic E-state index is 12.2. The Morgan fingerprint density at radius 2 is 1.75 bits per heavy atom. The maximum atomic E-state index is 12.2. The van der Waals surface area contributed by atoms with Crippen LogP contribution in [0.25, 0.3) is 0 Å². The summed E-state index contributed by atoms with van der Waals surface area (Å²) in [6.45, 7) is 0. The van der Waals surface area contributed by atoms with Crippen LogP contribution < -0.4 is 4.72 Å². The molecule has 0 bridgehead atoms. The van der Waals surface area contributed by atoms with E-state index in [0.29, 0.717) is 10.7 Å². The summed E-state index contributed by atoms with van der Waals surface area (Å²) in [4.78, 5) is 11.1. The average molecular weight is 328 g/mol. The number of anilines is 1. The molecule has 0 aliphatic rings. The molecule has 0 unspecified atom stereocenters. The largest absolute Gasteiger partial charge is 0.282 e. The minimum atomic E-state index is -3.76. The van der Waals surface area contributed by atoms with Gasteiger partial charge in [0, 0.05) is 16.3 Å². The molecule has 1 N–H and O–H groups in total. The van der Waals surface area contributed by atoms with Crippen LogP contribution in [-0.2, 0) is 10.0 Å². The fourth-order valence-electron chi connectivity index (χ4n) is 1.53. The summed E-state index contributed by atoms with van der Waals surface area (Å²) in [7, 11) is -3.76. The molecule has 0 saturated heterocycles. The Kier molecular flexibility index (Phi) is 4.37. The quantitative estimate of drug-likeness (QED) is 0.848. The highest BCUT2D eigenvalue weighted by molar-refractivity contribution is 7.97. The Morgan fingerprint density at radius 3 is 2.35 bits per heavy atom. The summed E-state index contributed by atoms with van der Waals surface area (Å²) in [6, 6.07) is 11.9. The van der Waals surface area contributed by atoms with Gasteiger partial charge in [-0.25, -0.2) is 8.42 Å². The molecule has 7 heteroatoms. The van der Waals surface area contributed by atoms with E-state index in [0.717, 1.165) is 0 Å². The first kappa shape index (κ1) is 14.9. The number of nitrogens with one attached hydrogen (secondary N) is 1. The fourth-order valence-corrected chi connectivity index (χ4v) is 2.90. The van der Waals surface area contributed by atoms with Crippen molar-refractivity contribution in [2.45, 2.75) is 4.90 Å². The lowest BCUT2D eigenvalue weighted by Crippen LogP contribution is -2.13. The van der Waals surface area contributed by atoms with E-state index in [1.807, 2.05) is 0 Å². The molecular weight excluding hydrogens is 318 g/mol. The van der Waals surface area contributed by atoms with Crippen molar-refractivity contribution in [1.29, 1.82) is 0 Å². The predicted molar refractivity (Wildman–Crippen MR) is 82.0 cm³/mol. The van der Waals surface area contributed by atoms with E-state index in [1.165, 1.54) is 24.3 Å². The number of rotatable bonds is 4. The zero-order chi connectivity index (χ0) is 14.8. The van der Waals surface area contributed by atoms with Crippen molar-refractivity contribution < 1.29 is 13.2 Å². The van der Waals surface area contributed by atoms with Crippen molar-refractivity contribution in [1.82, 2.24) is 0 Å². The first-order valence-electron chi connectivity index (χ1n) is 5.50. The second kappa shape index (κ2) is 5.87. The molecule has 20 heavy (non-hydrogen) atoms. The lowest BCUT2D eigenvalue weighted by Gasteiger charge is -2.08. The van der Waals surface area contributed by atoms with E-state index in [2.05, 4.69) is 17.4 Å². The van der Waals surface area contributed by atoms with Crippen LogP contribution in [0.2, 0.25) is 5.02 Å². The van der Waals surface area contributed by atoms with Crippen LogP contribution in [0.5, 0.6) is 0 Å². The molecule has 0 saturated carbocycles. The molecule has 0 heterocycles. The summed E-state index contributed by atoms with van der Waals surface area (Å²) in [5.41, 5.74) is 0.601. The second-order valence-electron chi connectivity index (χ2n) is 3.95. The zero-order valence-corrected chi connectivity index (χ0v) is 12.5. The maximum Gasteiger partial charge on any atom is 0.261 e. The number of hydrogen-bond donors (Lipinski definition) is 2. The van der Waals surface area contributed by atoms with Crippen molar-refractivity contribution in [2.75, 3.05) is 4.72 Å². The second-order valence-corrected chi connectivity index (χ2v) is 6.47. The highest BCUT2D eigenvalue weighted by atomic mass is 35.5. The normalized spacial score (nSPS) is 11.1. The van der Waals surface area contributed by atoms with Gasteiger partial charge in [-0.05, 0) is 36.4 Å². The number of carbonyl (C=O) groups excluding carboxylic acids is 1. The molecule has 2 aromatic rings. The molecule has 2 aromatic carbocycles. The molecule has 0 atom stereocenters. The van der Waals surface area contributed by atoms with Gasteiger partial charge in [-0.15, -0.1) is 12.6 Å². The Bertz CT molecular complexity index is 742. The smallest absolute Gasteiger partial charge is 0.261 e. The van der Waals surface area contributed by atoms with Gasteiger partial charge in [-0.2, -0.15) is 0 Å². The van der Waals surface area contributed by atoms with Crippen LogP contribution in [-0.4, -0.2) is 13.5 Å². The molecule has 0 aliphatic carbocycles. The van der Waals surface area contributed by atoms with Crippen LogP contribution in [0, 0.1) is 0 Å². The highest BCUT2D eigenvalue weighted by Gasteiger charge is 2.15. The van der Waals surface area contributed by atoms with Crippen molar-refractivity contribution in [2.24, 2.45) is 0 Å². The van der Waals surface area contributed by atoms with Gasteiger partial charge in [-0.1, -0.05) is 23.7 Å². The first-order valence-corrected chi connectivity index (χ1v) is 7.81. The summed E-state index contributed by atoms with van der Waals surface area (Å²) in [5, 5.41) is 0.0177. The van der Waals surface area contributed by atoms with Gasteiger partial charge in [0.25, 0.3) is 10.0 Å². The van der Waals surface area contributed by atoms with E-state index in [4.69, 9.17) is 11.6 Å². The van der Waals surface area contributed by atoms with Crippen molar-refractivity contribution in [3.63, 3.8) is 0 Å². The number of carbonyl (C=O) groups is 1. The van der Waals surface area contributed by atoms with Crippen LogP contribution in [0.15, 0.2) is 53.4 Å². The molecule has 0 fully saturated rings. The molecule has 0 spiro atoms. The minimum Gasteiger partial charge on any atom is -0.282 e. The SMILES string of the molecule is O=C(S)c1cccc(S(=O)(=O)Nc2ccc(Cl)cc2)c1. The molecule has 4 nitrogen and oxygen atoms in total. The van der Waals surface area contributed by atoms with Crippen LogP contribution in [0.3, 0.4) is 0 Å². The van der Waals surface area contributed by atoms with E-state index >= 15 is 0 Å². The van der Waals surface area contributed by atoms with Gasteiger partial charge in [0.2, 0.25) is 5.12 Å². The molecular formula is C13H10ClNO3S2. The van der Waals surface area contributed by atoms with E-state index in [9.17, 15) is 13.2 Å². The third-order valence-corrected chi connectivity index (χ3v) is 4.38. The van der Waals surface area contributed by atoms with Gasteiger partial charge in [0.1, 0.15) is 0 Å². The molecule has 0 radical (unpaired) electrons. The predicted octanol–water partition coefficient (Wildman–Crippen LogP) is 3.21. The van der Waals surface area contributed by atoms with Crippen LogP contribution in [0.1, 0.15) is 10.4 Å². The van der Waals surface area contributed by atoms with Gasteiger partial charge in [0.05, 0.1) is 4.90 Å². The Balaban J connectivity index is 2.33. The number of benzene rings is 2. The van der Waals surface area contributed by atoms with Gasteiger partial charge >= 0.3 is 0 Å². The minimum absolute atomic E-state index is 0.00708.